The molecule has 3 aliphatic rings. The minimum Gasteiger partial charge on any atom is -0.508 e. The molecule has 1 saturated carbocycles. The minimum atomic E-state index is -2.88. The molecular formula is C20H18N2O8. The lowest BCUT2D eigenvalue weighted by Gasteiger charge is -2.49. The molecule has 0 saturated heterocycles. The van der Waals surface area contributed by atoms with Crippen molar-refractivity contribution in [2.24, 2.45) is 17.6 Å². The van der Waals surface area contributed by atoms with Gasteiger partial charge in [-0.1, -0.05) is 12.6 Å². The fourth-order valence-electron chi connectivity index (χ4n) is 4.65. The second kappa shape index (κ2) is 5.94. The highest BCUT2D eigenvalue weighted by molar-refractivity contribution is 6.23. The third-order valence-electron chi connectivity index (χ3n) is 6.14. The van der Waals surface area contributed by atoms with Crippen LogP contribution in [0.5, 0.6) is 5.75 Å². The van der Waals surface area contributed by atoms with Gasteiger partial charge in [0.2, 0.25) is 5.78 Å². The van der Waals surface area contributed by atoms with Crippen LogP contribution >= 0.6 is 0 Å². The Hall–Kier alpha value is -3.63. The van der Waals surface area contributed by atoms with Gasteiger partial charge in [0, 0.05) is 18.3 Å². The Morgan fingerprint density at radius 2 is 1.83 bits per heavy atom. The Bertz CT molecular complexity index is 1150. The molecule has 0 bridgehead atoms. The summed E-state index contributed by atoms with van der Waals surface area (Å²) < 4.78 is 0. The number of hydrogen-bond donors (Lipinski definition) is 7. The van der Waals surface area contributed by atoms with Crippen LogP contribution in [0, 0.1) is 11.8 Å². The number of rotatable bonds is 1. The molecule has 0 aromatic heterocycles. The van der Waals surface area contributed by atoms with Gasteiger partial charge in [-0.15, -0.1) is 0 Å². The largest absolute Gasteiger partial charge is 0.508 e. The molecule has 1 fully saturated rings. The van der Waals surface area contributed by atoms with Gasteiger partial charge in [-0.2, -0.15) is 0 Å². The molecule has 1 aromatic rings. The molecule has 0 heterocycles. The number of fused-ring (bicyclic) bond motifs is 3. The minimum absolute atomic E-state index is 0.102. The molecular weight excluding hydrogens is 396 g/mol. The van der Waals surface area contributed by atoms with Crippen LogP contribution in [0.4, 0.5) is 5.69 Å². The molecule has 4 atom stereocenters. The number of aromatic hydroxyl groups is 1. The highest BCUT2D eigenvalue weighted by Gasteiger charge is 2.64. The maximum Gasteiger partial charge on any atom is 0.255 e. The van der Waals surface area contributed by atoms with Crippen LogP contribution < -0.4 is 11.5 Å². The van der Waals surface area contributed by atoms with Gasteiger partial charge in [-0.3, -0.25) is 14.4 Å². The molecule has 4 unspecified atom stereocenters. The maximum absolute atomic E-state index is 13.3. The van der Waals surface area contributed by atoms with Crippen molar-refractivity contribution in [3.05, 3.63) is 46.7 Å². The second-order valence-electron chi connectivity index (χ2n) is 7.60. The number of primary amides is 1. The van der Waals surface area contributed by atoms with Crippen LogP contribution in [0.3, 0.4) is 0 Å². The van der Waals surface area contributed by atoms with E-state index in [9.17, 15) is 39.9 Å². The van der Waals surface area contributed by atoms with E-state index < -0.39 is 75.8 Å². The number of nitrogens with two attached hydrogens (primary N) is 2. The summed E-state index contributed by atoms with van der Waals surface area (Å²) in [6, 6.07) is 2.79. The number of Topliss-reactive ketones (excluding diaryl/α,β-unsaturated/α-hetero) is 2. The molecule has 0 spiro atoms. The molecule has 4 rings (SSSR count). The zero-order valence-corrected chi connectivity index (χ0v) is 15.4. The van der Waals surface area contributed by atoms with Crippen LogP contribution in [0.2, 0.25) is 0 Å². The first-order valence-corrected chi connectivity index (χ1v) is 8.90. The summed E-state index contributed by atoms with van der Waals surface area (Å²) in [4.78, 5) is 37.2. The van der Waals surface area contributed by atoms with E-state index >= 15 is 0 Å². The lowest BCUT2D eigenvalue weighted by molar-refractivity contribution is -0.157. The number of benzene rings is 1. The fraction of sp³-hybridized carbons (Fsp3) is 0.250. The number of aliphatic hydroxyl groups is 4. The van der Waals surface area contributed by atoms with E-state index in [0.29, 0.717) is 0 Å². The zero-order chi connectivity index (χ0) is 22.3. The summed E-state index contributed by atoms with van der Waals surface area (Å²) in [6.07, 6.45) is -2.30. The summed E-state index contributed by atoms with van der Waals surface area (Å²) in [5.74, 6) is -8.90. The van der Waals surface area contributed by atoms with E-state index in [1.807, 2.05) is 0 Å². The van der Waals surface area contributed by atoms with E-state index in [2.05, 4.69) is 6.58 Å². The normalized spacial score (nSPS) is 30.7. The Balaban J connectivity index is 2.04. The van der Waals surface area contributed by atoms with Crippen molar-refractivity contribution in [2.45, 2.75) is 18.1 Å². The Morgan fingerprint density at radius 3 is 2.43 bits per heavy atom. The van der Waals surface area contributed by atoms with Gasteiger partial charge in [-0.25, -0.2) is 0 Å². The summed E-state index contributed by atoms with van der Waals surface area (Å²) in [5, 5.41) is 53.7. The molecule has 10 heteroatoms. The Kier molecular flexibility index (Phi) is 3.90. The number of phenolic OH excluding ortho intramolecular Hbond substituents is 1. The monoisotopic (exact) mass is 414 g/mol. The highest BCUT2D eigenvalue weighted by Crippen LogP contribution is 2.55. The average molecular weight is 414 g/mol. The quantitative estimate of drug-likeness (QED) is 0.178. The van der Waals surface area contributed by atoms with E-state index in [4.69, 9.17) is 11.5 Å². The van der Waals surface area contributed by atoms with Crippen LogP contribution in [0.15, 0.2) is 35.6 Å². The van der Waals surface area contributed by atoms with Crippen molar-refractivity contribution < 1.29 is 39.9 Å². The van der Waals surface area contributed by atoms with Crippen LogP contribution in [0.1, 0.15) is 17.5 Å². The molecule has 30 heavy (non-hydrogen) atoms. The van der Waals surface area contributed by atoms with Gasteiger partial charge in [0.05, 0.1) is 22.9 Å². The van der Waals surface area contributed by atoms with Gasteiger partial charge in [0.15, 0.2) is 11.4 Å². The predicted octanol–water partition coefficient (Wildman–Crippen LogP) is -0.552. The van der Waals surface area contributed by atoms with Crippen molar-refractivity contribution in [2.75, 3.05) is 5.73 Å². The number of anilines is 1. The van der Waals surface area contributed by atoms with Gasteiger partial charge in [-0.05, 0) is 17.2 Å². The predicted molar refractivity (Wildman–Crippen MR) is 103 cm³/mol. The third kappa shape index (κ3) is 2.11. The SMILES string of the molecule is C=C1c2ccc(N)c(O)c2C(O)=C2C(=O)C3(O)C(O)=C(C(N)=O)C(=O)CC3C(O)C12. The number of phenols is 1. The smallest absolute Gasteiger partial charge is 0.255 e. The first-order valence-electron chi connectivity index (χ1n) is 8.90. The lowest BCUT2D eigenvalue weighted by Crippen LogP contribution is -2.63. The number of carbonyl (C=O) groups is 3. The van der Waals surface area contributed by atoms with Gasteiger partial charge >= 0.3 is 0 Å². The van der Waals surface area contributed by atoms with E-state index in [-0.39, 0.29) is 22.4 Å². The molecule has 1 aromatic carbocycles. The number of carbonyl (C=O) groups excluding carboxylic acids is 3. The van der Waals surface area contributed by atoms with Crippen LogP contribution in [-0.4, -0.2) is 54.7 Å². The lowest BCUT2D eigenvalue weighted by atomic mass is 9.57. The second-order valence-corrected chi connectivity index (χ2v) is 7.60. The molecule has 0 aliphatic heterocycles. The third-order valence-corrected chi connectivity index (χ3v) is 6.14. The average Bonchev–Trinajstić information content (AvgIpc) is 2.67. The number of hydrogen-bond acceptors (Lipinski definition) is 9. The van der Waals surface area contributed by atoms with E-state index in [1.54, 1.807) is 0 Å². The maximum atomic E-state index is 13.3. The number of nitrogen functional groups attached to an aromatic ring is 1. The van der Waals surface area contributed by atoms with Gasteiger partial charge < -0.3 is 37.0 Å². The Morgan fingerprint density at radius 1 is 1.20 bits per heavy atom. The number of aliphatic hydroxyl groups excluding tert-OH is 3. The molecule has 1 amide bonds. The summed E-state index contributed by atoms with van der Waals surface area (Å²) in [6.45, 7) is 3.85. The fourth-order valence-corrected chi connectivity index (χ4v) is 4.65. The standard InChI is InChI=1S/C20H18N2O8/c1-5-6-2-3-8(21)15(25)11(6)16(26)13-10(5)14(24)7-4-9(23)12(19(22)29)17(27)20(7,30)18(13)28/h2-3,7,10,14,24-27,30H,1,4,21H2,(H2,22,29). The van der Waals surface area contributed by atoms with Gasteiger partial charge in [0.25, 0.3) is 5.91 Å². The summed E-state index contributed by atoms with van der Waals surface area (Å²) >= 11 is 0. The molecule has 10 nitrogen and oxygen atoms in total. The molecule has 9 N–H and O–H groups in total. The topological polar surface area (TPSA) is 204 Å². The van der Waals surface area contributed by atoms with Crippen LogP contribution in [0.25, 0.3) is 11.3 Å². The molecule has 3 aliphatic carbocycles. The van der Waals surface area contributed by atoms with Crippen molar-refractivity contribution in [3.8, 4) is 5.75 Å². The molecule has 156 valence electrons. The van der Waals surface area contributed by atoms with Crippen molar-refractivity contribution in [1.82, 2.24) is 0 Å². The first-order chi connectivity index (χ1) is 13.9. The number of amides is 1. The van der Waals surface area contributed by atoms with Crippen molar-refractivity contribution in [3.63, 3.8) is 0 Å². The molecule has 0 radical (unpaired) electrons. The zero-order valence-electron chi connectivity index (χ0n) is 15.4. The van der Waals surface area contributed by atoms with Crippen molar-refractivity contribution in [1.29, 1.82) is 0 Å². The number of ketones is 2. The van der Waals surface area contributed by atoms with E-state index in [1.165, 1.54) is 12.1 Å². The van der Waals surface area contributed by atoms with E-state index in [0.717, 1.165) is 0 Å². The van der Waals surface area contributed by atoms with Crippen LogP contribution in [-0.2, 0) is 14.4 Å². The van der Waals surface area contributed by atoms with Gasteiger partial charge in [0.1, 0.15) is 22.8 Å². The van der Waals surface area contributed by atoms with Crippen molar-refractivity contribution >= 4 is 34.5 Å². The Labute approximate surface area is 169 Å². The summed E-state index contributed by atoms with van der Waals surface area (Å²) in [5.41, 5.74) is 6.42. The summed E-state index contributed by atoms with van der Waals surface area (Å²) in [7, 11) is 0. The first kappa shape index (κ1) is 19.7. The highest BCUT2D eigenvalue weighted by atomic mass is 16.4.